The summed E-state index contributed by atoms with van der Waals surface area (Å²) in [6.45, 7) is 6.38. The Kier molecular flexibility index (Phi) is 5.49. The largest absolute Gasteiger partial charge is 0.320 e. The van der Waals surface area contributed by atoms with Crippen molar-refractivity contribution in [1.82, 2.24) is 29.8 Å². The molecular formula is C29H26N8. The first-order valence-electron chi connectivity index (χ1n) is 12.1. The summed E-state index contributed by atoms with van der Waals surface area (Å²) in [4.78, 5) is 8.18. The van der Waals surface area contributed by atoms with E-state index in [1.54, 1.807) is 0 Å². The maximum Gasteiger partial charge on any atom is 0.247 e. The highest BCUT2D eigenvalue weighted by Gasteiger charge is 2.26. The molecule has 8 nitrogen and oxygen atoms in total. The van der Waals surface area contributed by atoms with E-state index in [1.165, 1.54) is 0 Å². The summed E-state index contributed by atoms with van der Waals surface area (Å²) in [5.74, 6) is 1.14. The molecule has 182 valence electrons. The predicted octanol–water partition coefficient (Wildman–Crippen LogP) is 7.49. The van der Waals surface area contributed by atoms with Crippen LogP contribution in [-0.4, -0.2) is 29.8 Å². The molecule has 0 saturated heterocycles. The average Bonchev–Trinajstić information content (AvgIpc) is 3.63. The molecule has 0 atom stereocenters. The third-order valence-corrected chi connectivity index (χ3v) is 6.16. The second-order valence-electron chi connectivity index (χ2n) is 9.85. The average molecular weight is 487 g/mol. The van der Waals surface area contributed by atoms with Gasteiger partial charge in [-0.05, 0) is 0 Å². The highest BCUT2D eigenvalue weighted by atomic mass is 15.4. The molecule has 0 unspecified atom stereocenters. The van der Waals surface area contributed by atoms with E-state index in [-0.39, 0.29) is 5.41 Å². The van der Waals surface area contributed by atoms with Crippen LogP contribution in [0.15, 0.2) is 101 Å². The van der Waals surface area contributed by atoms with Gasteiger partial charge in [-0.1, -0.05) is 112 Å². The summed E-state index contributed by atoms with van der Waals surface area (Å²) in [5.41, 5.74) is 6.66. The maximum absolute atomic E-state index is 4.81. The Labute approximate surface area is 214 Å². The van der Waals surface area contributed by atoms with Gasteiger partial charge in [0.2, 0.25) is 11.6 Å². The molecule has 0 radical (unpaired) electrons. The minimum absolute atomic E-state index is 0.226. The Balaban J connectivity index is 1.47. The number of aromatic amines is 2. The summed E-state index contributed by atoms with van der Waals surface area (Å²) >= 11 is 0. The zero-order chi connectivity index (χ0) is 25.4. The SMILES string of the molecule is CC(C)(C)c1[nH]n2c(-c3ccccc3)nnc2c1N=Nc1nc(-c2ccccc2)c(-c2ccccc2)[nH]1. The predicted molar refractivity (Wildman–Crippen MR) is 145 cm³/mol. The Morgan fingerprint density at radius 1 is 0.703 bits per heavy atom. The smallest absolute Gasteiger partial charge is 0.247 e. The molecule has 37 heavy (non-hydrogen) atoms. The molecule has 0 aliphatic heterocycles. The van der Waals surface area contributed by atoms with Crippen molar-refractivity contribution in [1.29, 1.82) is 0 Å². The van der Waals surface area contributed by atoms with Crippen molar-refractivity contribution in [3.8, 4) is 33.9 Å². The van der Waals surface area contributed by atoms with Gasteiger partial charge in [-0.2, -0.15) is 0 Å². The molecule has 0 amide bonds. The fraction of sp³-hybridized carbons (Fsp3) is 0.138. The minimum atomic E-state index is -0.226. The monoisotopic (exact) mass is 486 g/mol. The standard InChI is InChI=1S/C29H26N8/c1-29(2,3)25-24(27-34-33-26(37(27)36-25)21-17-11-6-12-18-21)32-35-28-30-22(19-13-7-4-8-14-19)23(31-28)20-15-9-5-10-16-20/h4-18,36H,1-3H3,(H,30,31). The lowest BCUT2D eigenvalue weighted by Gasteiger charge is -2.16. The molecule has 6 rings (SSSR count). The number of nitrogens with zero attached hydrogens (tertiary/aromatic N) is 6. The molecule has 0 fully saturated rings. The third-order valence-electron chi connectivity index (χ3n) is 6.16. The van der Waals surface area contributed by atoms with E-state index in [2.05, 4.69) is 63.4 Å². The van der Waals surface area contributed by atoms with Crippen LogP contribution in [0.3, 0.4) is 0 Å². The van der Waals surface area contributed by atoms with Crippen molar-refractivity contribution in [3.05, 3.63) is 96.7 Å². The highest BCUT2D eigenvalue weighted by molar-refractivity contribution is 5.79. The summed E-state index contributed by atoms with van der Waals surface area (Å²) in [7, 11) is 0. The van der Waals surface area contributed by atoms with E-state index in [0.29, 0.717) is 17.3 Å². The number of nitrogens with one attached hydrogen (secondary N) is 2. The van der Waals surface area contributed by atoms with Crippen LogP contribution in [0.25, 0.3) is 39.5 Å². The maximum atomic E-state index is 4.81. The van der Waals surface area contributed by atoms with E-state index < -0.39 is 0 Å². The Morgan fingerprint density at radius 2 is 1.30 bits per heavy atom. The van der Waals surface area contributed by atoms with Crippen molar-refractivity contribution in [2.75, 3.05) is 0 Å². The van der Waals surface area contributed by atoms with Crippen LogP contribution in [0.4, 0.5) is 11.6 Å². The van der Waals surface area contributed by atoms with Crippen molar-refractivity contribution >= 4 is 17.3 Å². The van der Waals surface area contributed by atoms with Crippen molar-refractivity contribution in [2.45, 2.75) is 26.2 Å². The second-order valence-corrected chi connectivity index (χ2v) is 9.85. The molecule has 3 heterocycles. The lowest BCUT2D eigenvalue weighted by molar-refractivity contribution is 0.563. The van der Waals surface area contributed by atoms with Crippen LogP contribution in [-0.2, 0) is 5.41 Å². The number of imidazole rings is 1. The molecular weight excluding hydrogens is 460 g/mol. The Morgan fingerprint density at radius 3 is 1.92 bits per heavy atom. The number of hydrogen-bond acceptors (Lipinski definition) is 5. The number of benzene rings is 3. The van der Waals surface area contributed by atoms with Crippen LogP contribution in [0, 0.1) is 0 Å². The zero-order valence-electron chi connectivity index (χ0n) is 20.8. The van der Waals surface area contributed by atoms with Crippen LogP contribution < -0.4 is 0 Å². The molecule has 2 N–H and O–H groups in total. The van der Waals surface area contributed by atoms with Crippen LogP contribution in [0.2, 0.25) is 0 Å². The topological polar surface area (TPSA) is 99.4 Å². The molecule has 3 aromatic heterocycles. The van der Waals surface area contributed by atoms with Crippen molar-refractivity contribution in [3.63, 3.8) is 0 Å². The van der Waals surface area contributed by atoms with Gasteiger partial charge in [0.1, 0.15) is 0 Å². The minimum Gasteiger partial charge on any atom is -0.320 e. The first-order chi connectivity index (χ1) is 18.0. The van der Waals surface area contributed by atoms with E-state index in [4.69, 9.17) is 4.98 Å². The van der Waals surface area contributed by atoms with Gasteiger partial charge in [0.05, 0.1) is 17.1 Å². The number of aromatic nitrogens is 6. The van der Waals surface area contributed by atoms with Gasteiger partial charge in [-0.15, -0.1) is 20.4 Å². The lowest BCUT2D eigenvalue weighted by atomic mass is 9.91. The summed E-state index contributed by atoms with van der Waals surface area (Å²) in [6.07, 6.45) is 0. The van der Waals surface area contributed by atoms with Gasteiger partial charge in [0.25, 0.3) is 0 Å². The van der Waals surface area contributed by atoms with Gasteiger partial charge >= 0.3 is 0 Å². The number of azo groups is 1. The summed E-state index contributed by atoms with van der Waals surface area (Å²) in [5, 5.41) is 21.5. The molecule has 8 heteroatoms. The van der Waals surface area contributed by atoms with E-state index in [9.17, 15) is 0 Å². The Bertz CT molecular complexity index is 1630. The fourth-order valence-electron chi connectivity index (χ4n) is 4.34. The van der Waals surface area contributed by atoms with Crippen LogP contribution in [0.5, 0.6) is 0 Å². The molecule has 0 spiro atoms. The third kappa shape index (κ3) is 4.23. The van der Waals surface area contributed by atoms with Gasteiger partial charge in [-0.25, -0.2) is 9.50 Å². The molecule has 6 aromatic rings. The van der Waals surface area contributed by atoms with Gasteiger partial charge < -0.3 is 4.98 Å². The fourth-order valence-corrected chi connectivity index (χ4v) is 4.34. The van der Waals surface area contributed by atoms with E-state index in [0.717, 1.165) is 39.6 Å². The van der Waals surface area contributed by atoms with Crippen molar-refractivity contribution in [2.24, 2.45) is 10.2 Å². The number of rotatable bonds is 5. The summed E-state index contributed by atoms with van der Waals surface area (Å²) in [6, 6.07) is 30.2. The van der Waals surface area contributed by atoms with Gasteiger partial charge in [0, 0.05) is 22.1 Å². The first-order valence-corrected chi connectivity index (χ1v) is 12.1. The Hall–Kier alpha value is -4.85. The quantitative estimate of drug-likeness (QED) is 0.247. The number of fused-ring (bicyclic) bond motifs is 1. The van der Waals surface area contributed by atoms with Crippen LogP contribution >= 0.6 is 0 Å². The highest BCUT2D eigenvalue weighted by Crippen LogP contribution is 2.37. The first kappa shape index (κ1) is 22.6. The van der Waals surface area contributed by atoms with Crippen LogP contribution in [0.1, 0.15) is 26.5 Å². The van der Waals surface area contributed by atoms with E-state index >= 15 is 0 Å². The molecule has 0 bridgehead atoms. The van der Waals surface area contributed by atoms with Crippen molar-refractivity contribution < 1.29 is 0 Å². The molecule has 0 aliphatic carbocycles. The summed E-state index contributed by atoms with van der Waals surface area (Å²) < 4.78 is 1.87. The number of H-pyrrole nitrogens is 2. The zero-order valence-corrected chi connectivity index (χ0v) is 20.8. The number of hydrogen-bond donors (Lipinski definition) is 2. The van der Waals surface area contributed by atoms with Gasteiger partial charge in [0.15, 0.2) is 11.5 Å². The second kappa shape index (κ2) is 8.98. The normalized spacial score (nSPS) is 12.1. The van der Waals surface area contributed by atoms with Gasteiger partial charge in [-0.3, -0.25) is 5.10 Å². The lowest BCUT2D eigenvalue weighted by Crippen LogP contribution is -2.12. The molecule has 3 aromatic carbocycles. The molecule has 0 aliphatic rings. The molecule has 0 saturated carbocycles. The van der Waals surface area contributed by atoms with E-state index in [1.807, 2.05) is 83.4 Å².